The van der Waals surface area contributed by atoms with E-state index in [0.29, 0.717) is 24.4 Å². The lowest BCUT2D eigenvalue weighted by atomic mass is 9.98. The number of halogens is 1. The summed E-state index contributed by atoms with van der Waals surface area (Å²) in [6.07, 6.45) is 1.56. The number of hydrogen-bond acceptors (Lipinski definition) is 2. The van der Waals surface area contributed by atoms with Gasteiger partial charge in [-0.2, -0.15) is 0 Å². The summed E-state index contributed by atoms with van der Waals surface area (Å²) in [7, 11) is 1.79. The Morgan fingerprint density at radius 2 is 2.00 bits per heavy atom. The average molecular weight is 343 g/mol. The van der Waals surface area contributed by atoms with Gasteiger partial charge >= 0.3 is 0 Å². The van der Waals surface area contributed by atoms with Crippen LogP contribution in [0.1, 0.15) is 23.1 Å². The molecule has 3 rings (SSSR count). The lowest BCUT2D eigenvalue weighted by Crippen LogP contribution is -2.31. The van der Waals surface area contributed by atoms with Gasteiger partial charge in [-0.25, -0.2) is 0 Å². The second-order valence-electron chi connectivity index (χ2n) is 5.96. The lowest BCUT2D eigenvalue weighted by Gasteiger charge is -2.26. The van der Waals surface area contributed by atoms with Crippen molar-refractivity contribution in [2.24, 2.45) is 0 Å². The van der Waals surface area contributed by atoms with Crippen molar-refractivity contribution in [3.8, 4) is 0 Å². The van der Waals surface area contributed by atoms with E-state index in [1.165, 1.54) is 0 Å². The molecule has 124 valence electrons. The summed E-state index contributed by atoms with van der Waals surface area (Å²) < 4.78 is 0. The normalized spacial score (nSPS) is 13.6. The Bertz CT molecular complexity index is 789. The number of carbonyl (C=O) groups is 2. The average Bonchev–Trinajstić information content (AvgIpc) is 2.57. The van der Waals surface area contributed by atoms with Gasteiger partial charge in [0.2, 0.25) is 11.8 Å². The van der Waals surface area contributed by atoms with Crippen LogP contribution in [-0.4, -0.2) is 18.9 Å². The van der Waals surface area contributed by atoms with Crippen LogP contribution in [0.25, 0.3) is 0 Å². The van der Waals surface area contributed by atoms with E-state index in [1.54, 1.807) is 11.9 Å². The molecule has 0 radical (unpaired) electrons. The van der Waals surface area contributed by atoms with Crippen molar-refractivity contribution in [1.29, 1.82) is 0 Å². The van der Waals surface area contributed by atoms with Gasteiger partial charge in [0.15, 0.2) is 0 Å². The summed E-state index contributed by atoms with van der Waals surface area (Å²) in [5.41, 5.74) is 3.91. The summed E-state index contributed by atoms with van der Waals surface area (Å²) in [6.45, 7) is 0.417. The van der Waals surface area contributed by atoms with Crippen LogP contribution >= 0.6 is 11.6 Å². The summed E-state index contributed by atoms with van der Waals surface area (Å²) in [4.78, 5) is 25.6. The molecular formula is C19H19ClN2O2. The first kappa shape index (κ1) is 16.5. The number of nitrogens with one attached hydrogen (secondary N) is 1. The predicted octanol–water partition coefficient (Wildman–Crippen LogP) is 3.11. The maximum absolute atomic E-state index is 12.2. The lowest BCUT2D eigenvalue weighted by molar-refractivity contribution is -0.120. The highest BCUT2D eigenvalue weighted by molar-refractivity contribution is 6.31. The SMILES string of the molecule is CN1C(=O)CCc2cc(CC(=O)NCc3ccccc3Cl)ccc21. The summed E-state index contributed by atoms with van der Waals surface area (Å²) >= 11 is 6.09. The van der Waals surface area contributed by atoms with Crippen LogP contribution in [0.5, 0.6) is 0 Å². The zero-order chi connectivity index (χ0) is 17.1. The topological polar surface area (TPSA) is 49.4 Å². The highest BCUT2D eigenvalue weighted by Crippen LogP contribution is 2.27. The minimum absolute atomic E-state index is 0.0462. The fourth-order valence-electron chi connectivity index (χ4n) is 2.90. The first-order valence-corrected chi connectivity index (χ1v) is 8.31. The van der Waals surface area contributed by atoms with E-state index >= 15 is 0 Å². The Hall–Kier alpha value is -2.33. The molecule has 0 aromatic heterocycles. The van der Waals surface area contributed by atoms with E-state index in [9.17, 15) is 9.59 Å². The molecule has 0 saturated carbocycles. The Kier molecular flexibility index (Phi) is 4.86. The second-order valence-corrected chi connectivity index (χ2v) is 6.37. The standard InChI is InChI=1S/C19H19ClN2O2/c1-22-17-8-6-13(10-14(17)7-9-19(22)24)11-18(23)21-12-15-4-2-3-5-16(15)20/h2-6,8,10H,7,9,11-12H2,1H3,(H,21,23). The van der Waals surface area contributed by atoms with Crippen molar-refractivity contribution in [3.05, 3.63) is 64.2 Å². The van der Waals surface area contributed by atoms with Gasteiger partial charge < -0.3 is 10.2 Å². The number of carbonyl (C=O) groups excluding carboxylic acids is 2. The van der Waals surface area contributed by atoms with Crippen molar-refractivity contribution in [3.63, 3.8) is 0 Å². The molecule has 1 N–H and O–H groups in total. The molecule has 1 aliphatic rings. The zero-order valence-electron chi connectivity index (χ0n) is 13.5. The van der Waals surface area contributed by atoms with Gasteiger partial charge in [-0.15, -0.1) is 0 Å². The summed E-state index contributed by atoms with van der Waals surface area (Å²) in [5.74, 6) is 0.0860. The van der Waals surface area contributed by atoms with Crippen molar-refractivity contribution in [1.82, 2.24) is 5.32 Å². The molecule has 2 aromatic rings. The number of hydrogen-bond donors (Lipinski definition) is 1. The van der Waals surface area contributed by atoms with Gasteiger partial charge in [0.25, 0.3) is 0 Å². The number of rotatable bonds is 4. The minimum atomic E-state index is -0.0462. The first-order valence-electron chi connectivity index (χ1n) is 7.93. The fourth-order valence-corrected chi connectivity index (χ4v) is 3.11. The van der Waals surface area contributed by atoms with Crippen LogP contribution < -0.4 is 10.2 Å². The fraction of sp³-hybridized carbons (Fsp3) is 0.263. The van der Waals surface area contributed by atoms with Crippen LogP contribution in [0.4, 0.5) is 5.69 Å². The third-order valence-electron chi connectivity index (χ3n) is 4.29. The number of nitrogens with zero attached hydrogens (tertiary/aromatic N) is 1. The number of benzene rings is 2. The quantitative estimate of drug-likeness (QED) is 0.928. The van der Waals surface area contributed by atoms with Crippen LogP contribution in [0.2, 0.25) is 5.02 Å². The molecule has 0 fully saturated rings. The molecule has 1 aliphatic heterocycles. The second kappa shape index (κ2) is 7.05. The predicted molar refractivity (Wildman–Crippen MR) is 95.2 cm³/mol. The van der Waals surface area contributed by atoms with Crippen LogP contribution in [0, 0.1) is 0 Å². The van der Waals surface area contributed by atoms with E-state index in [2.05, 4.69) is 5.32 Å². The highest BCUT2D eigenvalue weighted by Gasteiger charge is 2.21. The third-order valence-corrected chi connectivity index (χ3v) is 4.65. The molecule has 0 bridgehead atoms. The van der Waals surface area contributed by atoms with Gasteiger partial charge in [-0.3, -0.25) is 9.59 Å². The number of amides is 2. The van der Waals surface area contributed by atoms with Crippen molar-refractivity contribution < 1.29 is 9.59 Å². The molecule has 1 heterocycles. The van der Waals surface area contributed by atoms with Gasteiger partial charge in [-0.1, -0.05) is 41.9 Å². The number of aryl methyl sites for hydroxylation is 1. The van der Waals surface area contributed by atoms with Crippen molar-refractivity contribution in [2.75, 3.05) is 11.9 Å². The Morgan fingerprint density at radius 3 is 2.79 bits per heavy atom. The van der Waals surface area contributed by atoms with Crippen molar-refractivity contribution in [2.45, 2.75) is 25.8 Å². The van der Waals surface area contributed by atoms with E-state index in [1.807, 2.05) is 42.5 Å². The minimum Gasteiger partial charge on any atom is -0.352 e. The number of anilines is 1. The smallest absolute Gasteiger partial charge is 0.227 e. The Labute approximate surface area is 146 Å². The van der Waals surface area contributed by atoms with Gasteiger partial charge in [0, 0.05) is 30.7 Å². The molecule has 4 nitrogen and oxygen atoms in total. The van der Waals surface area contributed by atoms with E-state index in [0.717, 1.165) is 28.8 Å². The molecule has 0 aliphatic carbocycles. The van der Waals surface area contributed by atoms with Gasteiger partial charge in [0.05, 0.1) is 6.42 Å². The van der Waals surface area contributed by atoms with Crippen molar-refractivity contribution >= 4 is 29.1 Å². The molecular weight excluding hydrogens is 324 g/mol. The molecule has 2 amide bonds. The largest absolute Gasteiger partial charge is 0.352 e. The van der Waals surface area contributed by atoms with Crippen LogP contribution in [0.15, 0.2) is 42.5 Å². The Morgan fingerprint density at radius 1 is 1.21 bits per heavy atom. The number of fused-ring (bicyclic) bond motifs is 1. The maximum atomic E-state index is 12.2. The molecule has 24 heavy (non-hydrogen) atoms. The monoisotopic (exact) mass is 342 g/mol. The summed E-state index contributed by atoms with van der Waals surface area (Å²) in [6, 6.07) is 13.3. The van der Waals surface area contributed by atoms with Crippen LogP contribution in [-0.2, 0) is 29.0 Å². The Balaban J connectivity index is 1.63. The molecule has 0 saturated heterocycles. The summed E-state index contributed by atoms with van der Waals surface area (Å²) in [5, 5.41) is 3.55. The molecule has 5 heteroatoms. The maximum Gasteiger partial charge on any atom is 0.227 e. The van der Waals surface area contributed by atoms with Crippen LogP contribution in [0.3, 0.4) is 0 Å². The molecule has 0 atom stereocenters. The highest BCUT2D eigenvalue weighted by atomic mass is 35.5. The molecule has 0 unspecified atom stereocenters. The molecule has 2 aromatic carbocycles. The zero-order valence-corrected chi connectivity index (χ0v) is 14.3. The van der Waals surface area contributed by atoms with Gasteiger partial charge in [-0.05, 0) is 35.2 Å². The van der Waals surface area contributed by atoms with E-state index in [4.69, 9.17) is 11.6 Å². The van der Waals surface area contributed by atoms with Gasteiger partial charge in [0.1, 0.15) is 0 Å². The molecule has 0 spiro atoms. The van der Waals surface area contributed by atoms with E-state index < -0.39 is 0 Å². The third kappa shape index (κ3) is 3.60. The first-order chi connectivity index (χ1) is 11.5. The van der Waals surface area contributed by atoms with E-state index in [-0.39, 0.29) is 11.8 Å².